The molecule has 17 heteroatoms. The second-order valence-corrected chi connectivity index (χ2v) is 10.3. The Morgan fingerprint density at radius 1 is 0.897 bits per heavy atom. The Balaban J connectivity index is 1.88. The number of carbonyl (C=O) groups excluding carboxylic acids is 1. The van der Waals surface area contributed by atoms with E-state index in [4.69, 9.17) is 47.6 Å². The first-order chi connectivity index (χ1) is 18.4. The number of rotatable bonds is 10. The molecule has 1 aliphatic carbocycles. The third kappa shape index (κ3) is 7.21. The van der Waals surface area contributed by atoms with Crippen LogP contribution in [0.25, 0.3) is 0 Å². The molecule has 0 aromatic rings. The highest BCUT2D eigenvalue weighted by Crippen LogP contribution is 2.31. The summed E-state index contributed by atoms with van der Waals surface area (Å²) in [6.45, 7) is -0.469. The highest BCUT2D eigenvalue weighted by molar-refractivity contribution is 5.81. The monoisotopic (exact) mass is 568 g/mol. The van der Waals surface area contributed by atoms with Crippen LogP contribution in [0.2, 0.25) is 0 Å². The number of aliphatic hydroxyl groups excluding tert-OH is 6. The Morgan fingerprint density at radius 2 is 1.56 bits per heavy atom. The molecule has 2 saturated heterocycles. The summed E-state index contributed by atoms with van der Waals surface area (Å²) in [5.41, 5.74) is 29.4. The minimum Gasteiger partial charge on any atom is -0.394 e. The normalized spacial score (nSPS) is 46.0. The number of hydrogen-bond donors (Lipinski definition) is 12. The second-order valence-electron chi connectivity index (χ2n) is 10.3. The van der Waals surface area contributed by atoms with E-state index in [2.05, 4.69) is 5.32 Å². The van der Waals surface area contributed by atoms with Crippen molar-refractivity contribution in [2.75, 3.05) is 19.7 Å². The van der Waals surface area contributed by atoms with Crippen molar-refractivity contribution in [1.82, 2.24) is 5.32 Å². The summed E-state index contributed by atoms with van der Waals surface area (Å²) in [7, 11) is 0. The van der Waals surface area contributed by atoms with E-state index in [1.165, 1.54) is 0 Å². The van der Waals surface area contributed by atoms with E-state index in [0.717, 1.165) is 0 Å². The van der Waals surface area contributed by atoms with Crippen LogP contribution in [-0.2, 0) is 23.7 Å². The van der Waals surface area contributed by atoms with Crippen LogP contribution in [0.3, 0.4) is 0 Å². The minimum absolute atomic E-state index is 0.00387. The lowest BCUT2D eigenvalue weighted by Crippen LogP contribution is -2.74. The molecule has 17 nitrogen and oxygen atoms in total. The van der Waals surface area contributed by atoms with Gasteiger partial charge in [-0.15, -0.1) is 0 Å². The lowest BCUT2D eigenvalue weighted by molar-refractivity contribution is -0.319. The van der Waals surface area contributed by atoms with Crippen molar-refractivity contribution in [3.8, 4) is 0 Å². The molecule has 2 heterocycles. The summed E-state index contributed by atoms with van der Waals surface area (Å²) in [4.78, 5) is 12.6. The average Bonchev–Trinajstić information content (AvgIpc) is 2.92. The smallest absolute Gasteiger partial charge is 0.249 e. The van der Waals surface area contributed by atoms with Gasteiger partial charge in [-0.1, -0.05) is 0 Å². The Morgan fingerprint density at radius 3 is 2.18 bits per heavy atom. The maximum Gasteiger partial charge on any atom is 0.249 e. The van der Waals surface area contributed by atoms with E-state index >= 15 is 0 Å². The number of amides is 1. The molecule has 1 amide bonds. The third-order valence-corrected chi connectivity index (χ3v) is 7.50. The number of hydrogen-bond acceptors (Lipinski definition) is 16. The fourth-order valence-electron chi connectivity index (χ4n) is 5.03. The summed E-state index contributed by atoms with van der Waals surface area (Å²) >= 11 is 0. The van der Waals surface area contributed by atoms with Crippen molar-refractivity contribution in [3.05, 3.63) is 0 Å². The largest absolute Gasteiger partial charge is 0.394 e. The molecule has 3 rings (SSSR count). The molecule has 7 unspecified atom stereocenters. The maximum absolute atomic E-state index is 12.6. The van der Waals surface area contributed by atoms with Crippen LogP contribution in [0, 0.1) is 0 Å². The van der Waals surface area contributed by atoms with Crippen molar-refractivity contribution < 1.29 is 54.4 Å². The highest BCUT2D eigenvalue weighted by Gasteiger charge is 2.54. The van der Waals surface area contributed by atoms with Gasteiger partial charge in [0.25, 0.3) is 0 Å². The van der Waals surface area contributed by atoms with Gasteiger partial charge in [0, 0.05) is 6.54 Å². The van der Waals surface area contributed by atoms with Crippen molar-refractivity contribution in [2.24, 2.45) is 28.7 Å². The Bertz CT molecular complexity index is 787. The molecule has 0 spiro atoms. The summed E-state index contributed by atoms with van der Waals surface area (Å²) < 4.78 is 23.0. The van der Waals surface area contributed by atoms with E-state index in [0.29, 0.717) is 12.8 Å². The summed E-state index contributed by atoms with van der Waals surface area (Å²) in [5, 5.41) is 65.3. The molecule has 0 aromatic heterocycles. The first-order valence-electron chi connectivity index (χ1n) is 13.0. The van der Waals surface area contributed by atoms with Gasteiger partial charge in [-0.05, 0) is 25.8 Å². The average molecular weight is 569 g/mol. The van der Waals surface area contributed by atoms with Gasteiger partial charge in [0.05, 0.1) is 43.0 Å². The number of carbonyl (C=O) groups is 1. The zero-order chi connectivity index (χ0) is 29.0. The Kier molecular flexibility index (Phi) is 11.8. The summed E-state index contributed by atoms with van der Waals surface area (Å²) in [6.07, 6.45) is -14.1. The molecule has 1 saturated carbocycles. The van der Waals surface area contributed by atoms with Crippen LogP contribution in [-0.4, -0.2) is 148 Å². The van der Waals surface area contributed by atoms with E-state index in [1.807, 2.05) is 0 Å². The molecular formula is C22H44N6O11. The number of aliphatic hydroxyl groups is 6. The van der Waals surface area contributed by atoms with Gasteiger partial charge in [0.2, 0.25) is 5.91 Å². The van der Waals surface area contributed by atoms with Crippen LogP contribution in [0.4, 0.5) is 0 Å². The number of ether oxygens (including phenoxy) is 4. The quantitative estimate of drug-likeness (QED) is 0.116. The summed E-state index contributed by atoms with van der Waals surface area (Å²) in [5.74, 6) is -0.925. The molecule has 3 fully saturated rings. The van der Waals surface area contributed by atoms with Gasteiger partial charge in [-0.25, -0.2) is 0 Å². The van der Waals surface area contributed by atoms with Gasteiger partial charge in [0.1, 0.15) is 42.7 Å². The van der Waals surface area contributed by atoms with Crippen LogP contribution >= 0.6 is 0 Å². The molecule has 3 aliphatic rings. The van der Waals surface area contributed by atoms with Crippen molar-refractivity contribution in [1.29, 1.82) is 0 Å². The fourth-order valence-corrected chi connectivity index (χ4v) is 5.03. The Hall–Kier alpha value is -1.13. The van der Waals surface area contributed by atoms with Crippen LogP contribution in [0.5, 0.6) is 0 Å². The van der Waals surface area contributed by atoms with E-state index < -0.39 is 98.1 Å². The third-order valence-electron chi connectivity index (χ3n) is 7.50. The molecule has 17 N–H and O–H groups in total. The molecule has 0 aromatic carbocycles. The van der Waals surface area contributed by atoms with E-state index in [9.17, 15) is 35.4 Å². The van der Waals surface area contributed by atoms with E-state index in [1.54, 1.807) is 0 Å². The van der Waals surface area contributed by atoms with Crippen molar-refractivity contribution in [2.45, 2.75) is 111 Å². The van der Waals surface area contributed by atoms with Gasteiger partial charge in [-0.2, -0.15) is 0 Å². The lowest BCUT2D eigenvalue weighted by atomic mass is 9.81. The first kappa shape index (κ1) is 32.4. The Labute approximate surface area is 225 Å². The lowest BCUT2D eigenvalue weighted by Gasteiger charge is -2.50. The highest BCUT2D eigenvalue weighted by atomic mass is 16.7. The standard InChI is InChI=1S/C22H44N6O11/c23-4-3-9(30)20(35)28-13-15(32)12(27)18(38-21-8(25)2-1-7(5-24)36-21)17(34)19(13)39-22-16(33)11(26)14(31)10(6-29)37-22/h7-19,21-22,29-34H,1-6,23-27H2,(H,28,35)/t7?,8?,9-,10?,11-,12-,13+,14-,15?,16?,17?,18?,19+,21-,22-/m0/s1. The predicted molar refractivity (Wildman–Crippen MR) is 132 cm³/mol. The molecule has 0 bridgehead atoms. The summed E-state index contributed by atoms with van der Waals surface area (Å²) in [6, 6.07) is -4.65. The van der Waals surface area contributed by atoms with Gasteiger partial charge in [0.15, 0.2) is 12.6 Å². The zero-order valence-electron chi connectivity index (χ0n) is 21.5. The molecule has 2 aliphatic heterocycles. The number of nitrogens with two attached hydrogens (primary N) is 5. The minimum atomic E-state index is -1.68. The topological polar surface area (TPSA) is 317 Å². The first-order valence-corrected chi connectivity index (χ1v) is 13.0. The van der Waals surface area contributed by atoms with Crippen LogP contribution in [0.1, 0.15) is 19.3 Å². The molecule has 0 radical (unpaired) electrons. The van der Waals surface area contributed by atoms with Crippen molar-refractivity contribution in [3.63, 3.8) is 0 Å². The van der Waals surface area contributed by atoms with Gasteiger partial charge >= 0.3 is 0 Å². The zero-order valence-corrected chi connectivity index (χ0v) is 21.5. The maximum atomic E-state index is 12.6. The molecular weight excluding hydrogens is 524 g/mol. The number of nitrogens with one attached hydrogen (secondary N) is 1. The molecule has 39 heavy (non-hydrogen) atoms. The fraction of sp³-hybridized carbons (Fsp3) is 0.955. The van der Waals surface area contributed by atoms with Gasteiger partial charge in [-0.3, -0.25) is 4.79 Å². The predicted octanol–water partition coefficient (Wildman–Crippen LogP) is -7.43. The SMILES string of the molecule is NCC[C@H](O)C(=O)N[C@@H]1C(O)[C@H](N)C(O[C@@H]2OC(CN)CCC2N)C(O)[C@@H]1O[C@@H]1OC(CO)[C@H](O)[C@H](N)C1O. The van der Waals surface area contributed by atoms with Crippen molar-refractivity contribution >= 4 is 5.91 Å². The van der Waals surface area contributed by atoms with Gasteiger partial charge < -0.3 is 83.6 Å². The van der Waals surface area contributed by atoms with Crippen LogP contribution in [0.15, 0.2) is 0 Å². The molecule has 228 valence electrons. The second kappa shape index (κ2) is 14.2. The van der Waals surface area contributed by atoms with Crippen LogP contribution < -0.4 is 34.0 Å². The van der Waals surface area contributed by atoms with E-state index in [-0.39, 0.29) is 25.6 Å². The molecule has 15 atom stereocenters.